The van der Waals surface area contributed by atoms with Crippen LogP contribution >= 0.6 is 0 Å². The lowest BCUT2D eigenvalue weighted by Crippen LogP contribution is -2.20. The summed E-state index contributed by atoms with van der Waals surface area (Å²) >= 11 is 0. The highest BCUT2D eigenvalue weighted by molar-refractivity contribution is 5.81. The minimum Gasteiger partial charge on any atom is -0.493 e. The Morgan fingerprint density at radius 2 is 1.68 bits per heavy atom. The molecule has 3 nitrogen and oxygen atoms in total. The van der Waals surface area contributed by atoms with Crippen LogP contribution in [0.5, 0.6) is 5.75 Å². The molecule has 0 saturated heterocycles. The van der Waals surface area contributed by atoms with E-state index in [1.807, 2.05) is 25.1 Å². The number of benzene rings is 2. The third-order valence-electron chi connectivity index (χ3n) is 5.11. The van der Waals surface area contributed by atoms with E-state index in [-0.39, 0.29) is 0 Å². The second-order valence-electron chi connectivity index (χ2n) is 7.48. The normalized spacial score (nSPS) is 10.7. The molecule has 0 aliphatic rings. The Bertz CT molecular complexity index is 754. The minimum absolute atomic E-state index is 0.547. The molecule has 0 radical (unpaired) electrons. The van der Waals surface area contributed by atoms with Crippen molar-refractivity contribution in [3.63, 3.8) is 0 Å². The number of hydrogen-bond donors (Lipinski definition) is 0. The molecule has 152 valence electrons. The lowest BCUT2D eigenvalue weighted by atomic mass is 10.1. The maximum Gasteiger partial charge on any atom is 0.153 e. The smallest absolute Gasteiger partial charge is 0.153 e. The highest BCUT2D eigenvalue weighted by Gasteiger charge is 2.14. The fourth-order valence-electron chi connectivity index (χ4n) is 3.62. The number of anilines is 2. The predicted octanol–water partition coefficient (Wildman–Crippen LogP) is 7.01. The van der Waals surface area contributed by atoms with Gasteiger partial charge in [0, 0.05) is 24.0 Å². The Morgan fingerprint density at radius 1 is 0.929 bits per heavy atom. The van der Waals surface area contributed by atoms with Crippen LogP contribution < -0.4 is 9.64 Å². The Balaban J connectivity index is 2.27. The van der Waals surface area contributed by atoms with Gasteiger partial charge in [0.15, 0.2) is 6.29 Å². The first kappa shape index (κ1) is 22.0. The van der Waals surface area contributed by atoms with Gasteiger partial charge in [0.05, 0.1) is 12.2 Å². The van der Waals surface area contributed by atoms with Gasteiger partial charge in [-0.3, -0.25) is 4.79 Å². The minimum atomic E-state index is 0.547. The molecule has 0 aliphatic carbocycles. The molecule has 0 saturated carbocycles. The fraction of sp³-hybridized carbons (Fsp3) is 0.480. The molecule has 0 bridgehead atoms. The van der Waals surface area contributed by atoms with Crippen LogP contribution in [0.3, 0.4) is 0 Å². The Kier molecular flexibility index (Phi) is 9.06. The molecule has 2 rings (SSSR count). The first-order chi connectivity index (χ1) is 13.6. The van der Waals surface area contributed by atoms with Gasteiger partial charge in [-0.15, -0.1) is 0 Å². The van der Waals surface area contributed by atoms with Crippen molar-refractivity contribution in [2.45, 2.75) is 66.2 Å². The summed E-state index contributed by atoms with van der Waals surface area (Å²) in [5, 5.41) is 0. The van der Waals surface area contributed by atoms with Crippen LogP contribution in [0.1, 0.15) is 73.9 Å². The van der Waals surface area contributed by atoms with Gasteiger partial charge in [-0.25, -0.2) is 0 Å². The summed E-state index contributed by atoms with van der Waals surface area (Å²) in [7, 11) is 0. The molecule has 0 spiro atoms. The molecule has 3 heteroatoms. The molecule has 0 heterocycles. The molecule has 0 aliphatic heterocycles. The van der Waals surface area contributed by atoms with Crippen molar-refractivity contribution in [1.82, 2.24) is 0 Å². The first-order valence-corrected chi connectivity index (χ1v) is 10.7. The zero-order chi connectivity index (χ0) is 20.4. The molecule has 0 amide bonds. The van der Waals surface area contributed by atoms with Gasteiger partial charge < -0.3 is 9.64 Å². The molecule has 0 unspecified atom stereocenters. The largest absolute Gasteiger partial charge is 0.493 e. The SMILES string of the molecule is CCCCCCCCN(c1ccc(C=O)c(OCC)c1)c1ccc(C)cc1C. The molecule has 2 aromatic rings. The van der Waals surface area contributed by atoms with E-state index in [0.717, 1.165) is 24.9 Å². The summed E-state index contributed by atoms with van der Waals surface area (Å²) in [6.07, 6.45) is 8.47. The molecule has 0 atom stereocenters. The topological polar surface area (TPSA) is 29.5 Å². The number of nitrogens with zero attached hydrogens (tertiary/aromatic N) is 1. The van der Waals surface area contributed by atoms with Gasteiger partial charge in [0.2, 0.25) is 0 Å². The molecule has 0 fully saturated rings. The second-order valence-corrected chi connectivity index (χ2v) is 7.48. The van der Waals surface area contributed by atoms with Gasteiger partial charge in [-0.1, -0.05) is 56.7 Å². The number of hydrogen-bond acceptors (Lipinski definition) is 3. The second kappa shape index (κ2) is 11.5. The van der Waals surface area contributed by atoms with E-state index in [1.54, 1.807) is 0 Å². The van der Waals surface area contributed by atoms with E-state index in [2.05, 4.69) is 43.9 Å². The summed E-state index contributed by atoms with van der Waals surface area (Å²) in [6, 6.07) is 12.5. The Hall–Kier alpha value is -2.29. The quantitative estimate of drug-likeness (QED) is 0.292. The summed E-state index contributed by atoms with van der Waals surface area (Å²) < 4.78 is 5.72. The van der Waals surface area contributed by atoms with Crippen molar-refractivity contribution < 1.29 is 9.53 Å². The van der Waals surface area contributed by atoms with Crippen LogP contribution in [-0.2, 0) is 0 Å². The van der Waals surface area contributed by atoms with Crippen LogP contribution in [0.15, 0.2) is 36.4 Å². The Morgan fingerprint density at radius 3 is 2.36 bits per heavy atom. The first-order valence-electron chi connectivity index (χ1n) is 10.7. The van der Waals surface area contributed by atoms with E-state index in [0.29, 0.717) is 17.9 Å². The molecular weight excluding hydrogens is 346 g/mol. The predicted molar refractivity (Wildman–Crippen MR) is 119 cm³/mol. The molecule has 0 N–H and O–H groups in total. The van der Waals surface area contributed by atoms with Gasteiger partial charge in [0.1, 0.15) is 5.75 Å². The lowest BCUT2D eigenvalue weighted by molar-refractivity contribution is 0.112. The third-order valence-corrected chi connectivity index (χ3v) is 5.11. The number of unbranched alkanes of at least 4 members (excludes halogenated alkanes) is 5. The van der Waals surface area contributed by atoms with Gasteiger partial charge >= 0.3 is 0 Å². The molecule has 28 heavy (non-hydrogen) atoms. The number of aryl methyl sites for hydroxylation is 2. The van der Waals surface area contributed by atoms with Crippen molar-refractivity contribution in [1.29, 1.82) is 0 Å². The van der Waals surface area contributed by atoms with Crippen LogP contribution in [0, 0.1) is 13.8 Å². The number of aldehydes is 1. The van der Waals surface area contributed by atoms with Crippen molar-refractivity contribution in [2.24, 2.45) is 0 Å². The highest BCUT2D eigenvalue weighted by atomic mass is 16.5. The van der Waals surface area contributed by atoms with Gasteiger partial charge in [-0.05, 0) is 51.0 Å². The standard InChI is InChI=1S/C25H35NO2/c1-5-7-8-9-10-11-16-26(24-15-12-20(3)17-21(24)4)23-14-13-22(19-27)25(18-23)28-6-2/h12-15,17-19H,5-11,16H2,1-4H3. The number of carbonyl (C=O) groups is 1. The summed E-state index contributed by atoms with van der Waals surface area (Å²) in [5.41, 5.74) is 5.44. The average Bonchev–Trinajstić information content (AvgIpc) is 2.68. The Labute approximate surface area is 170 Å². The molecule has 0 aromatic heterocycles. The summed E-state index contributed by atoms with van der Waals surface area (Å²) in [5.74, 6) is 0.660. The van der Waals surface area contributed by atoms with Gasteiger partial charge in [0.25, 0.3) is 0 Å². The van der Waals surface area contributed by atoms with Gasteiger partial charge in [-0.2, -0.15) is 0 Å². The van der Waals surface area contributed by atoms with Crippen LogP contribution in [-0.4, -0.2) is 19.4 Å². The molecular formula is C25H35NO2. The lowest BCUT2D eigenvalue weighted by Gasteiger charge is -2.28. The third kappa shape index (κ3) is 6.12. The van der Waals surface area contributed by atoms with Crippen molar-refractivity contribution in [2.75, 3.05) is 18.1 Å². The highest BCUT2D eigenvalue weighted by Crippen LogP contribution is 2.33. The number of ether oxygens (including phenoxy) is 1. The van der Waals surface area contributed by atoms with Crippen LogP contribution in [0.2, 0.25) is 0 Å². The number of carbonyl (C=O) groups excluding carboxylic acids is 1. The van der Waals surface area contributed by atoms with E-state index in [4.69, 9.17) is 4.74 Å². The van der Waals surface area contributed by atoms with E-state index < -0.39 is 0 Å². The van der Waals surface area contributed by atoms with Crippen molar-refractivity contribution >= 4 is 17.7 Å². The summed E-state index contributed by atoms with van der Waals surface area (Å²) in [6.45, 7) is 9.99. The number of rotatable bonds is 12. The van der Waals surface area contributed by atoms with Crippen molar-refractivity contribution in [3.05, 3.63) is 53.1 Å². The average molecular weight is 382 g/mol. The van der Waals surface area contributed by atoms with Crippen LogP contribution in [0.25, 0.3) is 0 Å². The zero-order valence-corrected chi connectivity index (χ0v) is 18.0. The monoisotopic (exact) mass is 381 g/mol. The van der Waals surface area contributed by atoms with E-state index in [9.17, 15) is 4.79 Å². The van der Waals surface area contributed by atoms with Crippen molar-refractivity contribution in [3.8, 4) is 5.75 Å². The fourth-order valence-corrected chi connectivity index (χ4v) is 3.62. The van der Waals surface area contributed by atoms with E-state index in [1.165, 1.54) is 48.9 Å². The molecule has 2 aromatic carbocycles. The zero-order valence-electron chi connectivity index (χ0n) is 18.0. The summed E-state index contributed by atoms with van der Waals surface area (Å²) in [4.78, 5) is 13.7. The maximum atomic E-state index is 11.3. The van der Waals surface area contributed by atoms with E-state index >= 15 is 0 Å². The van der Waals surface area contributed by atoms with Crippen LogP contribution in [0.4, 0.5) is 11.4 Å². The maximum absolute atomic E-state index is 11.3.